The highest BCUT2D eigenvalue weighted by Crippen LogP contribution is 2.20. The first kappa shape index (κ1) is 16.2. The number of esters is 1. The minimum Gasteiger partial charge on any atom is -0.465 e. The Kier molecular flexibility index (Phi) is 4.94. The molecule has 2 N–H and O–H groups in total. The van der Waals surface area contributed by atoms with Crippen molar-refractivity contribution in [3.63, 3.8) is 0 Å². The van der Waals surface area contributed by atoms with Gasteiger partial charge in [0, 0.05) is 12.4 Å². The first-order valence-electron chi connectivity index (χ1n) is 6.88. The van der Waals surface area contributed by atoms with Gasteiger partial charge < -0.3 is 19.1 Å². The Morgan fingerprint density at radius 3 is 2.82 bits per heavy atom. The van der Waals surface area contributed by atoms with Crippen molar-refractivity contribution in [1.82, 2.24) is 14.8 Å². The molecule has 2 rings (SSSR count). The molecule has 0 fully saturated rings. The van der Waals surface area contributed by atoms with Crippen LogP contribution in [0.2, 0.25) is 0 Å². The number of carbonyl (C=O) groups is 1. The van der Waals surface area contributed by atoms with Gasteiger partial charge in [0.2, 0.25) is 0 Å². The van der Waals surface area contributed by atoms with Crippen molar-refractivity contribution in [2.75, 3.05) is 13.7 Å². The summed E-state index contributed by atoms with van der Waals surface area (Å²) in [5.74, 6) is -0.598. The van der Waals surface area contributed by atoms with Gasteiger partial charge in [0.15, 0.2) is 0 Å². The molecule has 0 radical (unpaired) electrons. The van der Waals surface area contributed by atoms with Gasteiger partial charge in [0.05, 0.1) is 38.0 Å². The van der Waals surface area contributed by atoms with Crippen LogP contribution in [0.3, 0.4) is 0 Å². The Balaban J connectivity index is 2.30. The van der Waals surface area contributed by atoms with Crippen LogP contribution in [0.5, 0.6) is 0 Å². The summed E-state index contributed by atoms with van der Waals surface area (Å²) < 4.78 is 11.6. The number of pyridine rings is 1. The predicted octanol–water partition coefficient (Wildman–Crippen LogP) is 0.249. The van der Waals surface area contributed by atoms with Gasteiger partial charge in [-0.1, -0.05) is 0 Å². The molecule has 8 heteroatoms. The highest BCUT2D eigenvalue weighted by atomic mass is 16.5. The van der Waals surface area contributed by atoms with Crippen LogP contribution >= 0.6 is 0 Å². The number of rotatable bonds is 6. The number of carbonyl (C=O) groups excluding carboxylic acids is 1. The first-order chi connectivity index (χ1) is 10.4. The van der Waals surface area contributed by atoms with Crippen LogP contribution in [0.1, 0.15) is 24.2 Å². The molecule has 0 saturated heterocycles. The summed E-state index contributed by atoms with van der Waals surface area (Å²) in [5.41, 5.74) is 0.277. The summed E-state index contributed by atoms with van der Waals surface area (Å²) in [7, 11) is 1.25. The van der Waals surface area contributed by atoms with Gasteiger partial charge in [0.25, 0.3) is 5.56 Å². The Labute approximate surface area is 127 Å². The van der Waals surface area contributed by atoms with E-state index >= 15 is 0 Å². The largest absolute Gasteiger partial charge is 0.465 e. The molecule has 1 unspecified atom stereocenters. The standard InChI is InChI=1S/C14H19N3O5/c1-8(2)22-7-9(18)4-17-5-10-12(15-16-13(10)19)11(6-17)14(20)21-3/h5-6,8-9,18H,4,7H2,1-3H3,(H,16,19). The zero-order valence-corrected chi connectivity index (χ0v) is 12.7. The number of aromatic amines is 1. The van der Waals surface area contributed by atoms with Crippen LogP contribution < -0.4 is 5.56 Å². The third-order valence-electron chi connectivity index (χ3n) is 3.06. The first-order valence-corrected chi connectivity index (χ1v) is 6.88. The molecule has 0 aromatic heterocycles. The molecule has 0 bridgehead atoms. The normalized spacial score (nSPS) is 12.8. The fourth-order valence-corrected chi connectivity index (χ4v) is 2.05. The number of hydrogen-bond donors (Lipinski definition) is 2. The SMILES string of the molecule is COC(=O)c1cn(CC(O)COC(C)C)cc2c(=O)[nH]nc1-2. The van der Waals surface area contributed by atoms with E-state index in [1.807, 2.05) is 13.8 Å². The van der Waals surface area contributed by atoms with Crippen molar-refractivity contribution in [2.24, 2.45) is 0 Å². The van der Waals surface area contributed by atoms with Gasteiger partial charge in [-0.2, -0.15) is 5.10 Å². The minimum atomic E-state index is -0.766. The number of methoxy groups -OCH3 is 1. The second-order valence-electron chi connectivity index (χ2n) is 5.21. The fraction of sp³-hybridized carbons (Fsp3) is 0.500. The monoisotopic (exact) mass is 309 g/mol. The molecule has 22 heavy (non-hydrogen) atoms. The van der Waals surface area contributed by atoms with Crippen LogP contribution in [0.4, 0.5) is 0 Å². The lowest BCUT2D eigenvalue weighted by molar-refractivity contribution is -0.000778. The molecule has 0 aromatic carbocycles. The van der Waals surface area contributed by atoms with Gasteiger partial charge in [0.1, 0.15) is 11.3 Å². The summed E-state index contributed by atoms with van der Waals surface area (Å²) >= 11 is 0. The second kappa shape index (κ2) is 6.71. The molecule has 0 amide bonds. The number of fused-ring (bicyclic) bond motifs is 1. The van der Waals surface area contributed by atoms with Crippen molar-refractivity contribution < 1.29 is 19.4 Å². The lowest BCUT2D eigenvalue weighted by atomic mass is 10.1. The average molecular weight is 309 g/mol. The minimum absolute atomic E-state index is 0.00915. The van der Waals surface area contributed by atoms with Gasteiger partial charge in [-0.15, -0.1) is 0 Å². The molecular formula is C14H19N3O5. The van der Waals surface area contributed by atoms with Crippen LogP contribution in [-0.4, -0.2) is 51.8 Å². The van der Waals surface area contributed by atoms with E-state index in [-0.39, 0.29) is 36.1 Å². The lowest BCUT2D eigenvalue weighted by Crippen LogP contribution is -2.24. The van der Waals surface area contributed by atoms with Crippen LogP contribution in [0.25, 0.3) is 11.3 Å². The quantitative estimate of drug-likeness (QED) is 0.741. The molecule has 1 atom stereocenters. The third kappa shape index (κ3) is 3.52. The number of H-pyrrole nitrogens is 1. The zero-order valence-electron chi connectivity index (χ0n) is 12.7. The number of aliphatic hydroxyl groups is 1. The highest BCUT2D eigenvalue weighted by molar-refractivity contribution is 5.95. The average Bonchev–Trinajstić information content (AvgIpc) is 2.85. The van der Waals surface area contributed by atoms with E-state index in [0.717, 1.165) is 0 Å². The Hall–Kier alpha value is -2.19. The number of aliphatic hydroxyl groups excluding tert-OH is 1. The van der Waals surface area contributed by atoms with Crippen LogP contribution in [-0.2, 0) is 16.0 Å². The van der Waals surface area contributed by atoms with Gasteiger partial charge in [-0.25, -0.2) is 9.89 Å². The smallest absolute Gasteiger partial charge is 0.341 e. The summed E-state index contributed by atoms with van der Waals surface area (Å²) in [4.78, 5) is 23.5. The van der Waals surface area contributed by atoms with E-state index in [1.165, 1.54) is 19.5 Å². The fourth-order valence-electron chi connectivity index (χ4n) is 2.05. The number of aromatic nitrogens is 3. The zero-order chi connectivity index (χ0) is 16.3. The molecular weight excluding hydrogens is 290 g/mol. The lowest BCUT2D eigenvalue weighted by Gasteiger charge is -2.17. The van der Waals surface area contributed by atoms with Gasteiger partial charge in [-0.05, 0) is 13.8 Å². The van der Waals surface area contributed by atoms with E-state index < -0.39 is 17.6 Å². The van der Waals surface area contributed by atoms with E-state index in [0.29, 0.717) is 0 Å². The molecule has 0 spiro atoms. The Morgan fingerprint density at radius 2 is 2.18 bits per heavy atom. The van der Waals surface area contributed by atoms with Gasteiger partial charge >= 0.3 is 5.97 Å². The molecule has 0 saturated carbocycles. The van der Waals surface area contributed by atoms with Crippen LogP contribution in [0, 0.1) is 0 Å². The second-order valence-corrected chi connectivity index (χ2v) is 5.21. The third-order valence-corrected chi connectivity index (χ3v) is 3.06. The van der Waals surface area contributed by atoms with E-state index in [4.69, 9.17) is 9.47 Å². The summed E-state index contributed by atoms with van der Waals surface area (Å²) in [6.45, 7) is 4.08. The van der Waals surface area contributed by atoms with E-state index in [1.54, 1.807) is 4.57 Å². The molecule has 8 nitrogen and oxygen atoms in total. The molecule has 2 aliphatic heterocycles. The maximum absolute atomic E-state index is 11.8. The summed E-state index contributed by atoms with van der Waals surface area (Å²) in [6.07, 6.45) is 2.27. The van der Waals surface area contributed by atoms with E-state index in [2.05, 4.69) is 10.2 Å². The van der Waals surface area contributed by atoms with Crippen molar-refractivity contribution in [1.29, 1.82) is 0 Å². The Morgan fingerprint density at radius 1 is 1.45 bits per heavy atom. The number of nitrogens with one attached hydrogen (secondary N) is 1. The Bertz CT molecular complexity index is 676. The number of ether oxygens (including phenoxy) is 2. The highest BCUT2D eigenvalue weighted by Gasteiger charge is 2.22. The van der Waals surface area contributed by atoms with Gasteiger partial charge in [-0.3, -0.25) is 4.79 Å². The molecule has 2 aliphatic rings. The molecule has 0 aromatic rings. The maximum Gasteiger partial charge on any atom is 0.341 e. The van der Waals surface area contributed by atoms with Crippen molar-refractivity contribution in [3.8, 4) is 11.3 Å². The maximum atomic E-state index is 11.8. The summed E-state index contributed by atoms with van der Waals surface area (Å²) in [5, 5.41) is 16.1. The molecule has 0 aliphatic carbocycles. The van der Waals surface area contributed by atoms with Crippen molar-refractivity contribution in [2.45, 2.75) is 32.6 Å². The topological polar surface area (TPSA) is 106 Å². The van der Waals surface area contributed by atoms with Crippen molar-refractivity contribution in [3.05, 3.63) is 28.3 Å². The van der Waals surface area contributed by atoms with E-state index in [9.17, 15) is 14.7 Å². The molecule has 120 valence electrons. The van der Waals surface area contributed by atoms with Crippen molar-refractivity contribution >= 4 is 5.97 Å². The predicted molar refractivity (Wildman–Crippen MR) is 77.9 cm³/mol. The number of nitrogens with zero attached hydrogens (tertiary/aromatic N) is 2. The van der Waals surface area contributed by atoms with Crippen LogP contribution in [0.15, 0.2) is 17.2 Å². The number of hydrogen-bond acceptors (Lipinski definition) is 6. The molecule has 2 heterocycles. The summed E-state index contributed by atoms with van der Waals surface area (Å²) in [6, 6.07) is 0.